The molecule has 20 heteroatoms. The lowest BCUT2D eigenvalue weighted by molar-refractivity contribution is -0.192. The molecule has 3 unspecified atom stereocenters. The van der Waals surface area contributed by atoms with Crippen LogP contribution in [0.1, 0.15) is 92.4 Å². The van der Waals surface area contributed by atoms with Crippen molar-refractivity contribution in [2.75, 3.05) is 19.6 Å². The molecule has 53 heavy (non-hydrogen) atoms. The van der Waals surface area contributed by atoms with Gasteiger partial charge in [0.25, 0.3) is 11.8 Å². The van der Waals surface area contributed by atoms with Crippen molar-refractivity contribution in [2.45, 2.75) is 122 Å². The molecule has 0 aromatic heterocycles. The topological polar surface area (TPSA) is 269 Å². The third-order valence-electron chi connectivity index (χ3n) is 7.25. The second-order valence-corrected chi connectivity index (χ2v) is 13.4. The molecule has 0 saturated heterocycles. The Hall–Kier alpha value is -4.75. The van der Waals surface area contributed by atoms with Gasteiger partial charge in [-0.15, -0.1) is 0 Å². The van der Waals surface area contributed by atoms with Crippen LogP contribution in [0.3, 0.4) is 0 Å². The number of rotatable bonds is 21. The first kappa shape index (κ1) is 48.2. The van der Waals surface area contributed by atoms with E-state index in [0.29, 0.717) is 38.6 Å². The summed E-state index contributed by atoms with van der Waals surface area (Å²) < 4.78 is 37.2. The molecule has 1 aliphatic rings. The van der Waals surface area contributed by atoms with Crippen molar-refractivity contribution in [3.05, 3.63) is 12.2 Å². The summed E-state index contributed by atoms with van der Waals surface area (Å²) in [6, 6.07) is -3.75. The predicted molar refractivity (Wildman–Crippen MR) is 184 cm³/mol. The molecule has 302 valence electrons. The molecule has 0 spiro atoms. The van der Waals surface area contributed by atoms with Crippen LogP contribution in [0.4, 0.5) is 18.0 Å². The van der Waals surface area contributed by atoms with E-state index < -0.39 is 59.7 Å². The molecule has 0 bridgehead atoms. The summed E-state index contributed by atoms with van der Waals surface area (Å²) in [6.45, 7) is 9.50. The summed E-state index contributed by atoms with van der Waals surface area (Å²) in [5, 5.41) is 17.7. The molecule has 7 amide bonds. The van der Waals surface area contributed by atoms with Crippen LogP contribution in [0.15, 0.2) is 12.2 Å². The number of hydrogen-bond acceptors (Lipinski definition) is 10. The van der Waals surface area contributed by atoms with Gasteiger partial charge in [0, 0.05) is 31.7 Å². The summed E-state index contributed by atoms with van der Waals surface area (Å²) in [5.41, 5.74) is 9.95. The lowest BCUT2D eigenvalue weighted by atomic mass is 10.0. The summed E-state index contributed by atoms with van der Waals surface area (Å²) in [4.78, 5) is 97.0. The number of nitrogens with one attached hydrogen (secondary N) is 4. The minimum atomic E-state index is -5.08. The normalized spacial score (nSPS) is 14.4. The van der Waals surface area contributed by atoms with E-state index in [4.69, 9.17) is 26.1 Å². The number of nitrogens with zero attached hydrogens (tertiary/aromatic N) is 1. The SMILES string of the molecule is CC(C)C(NC(=O)CCCCCN1C(=O)C=CC1=O)C(=O)NC(CCCNC(N)=O)C(=O)NC(CCCCN)C(=O)OC(C)(C)C.O=C(O)C(F)(F)F. The molecular weight excluding hydrogens is 711 g/mol. The van der Waals surface area contributed by atoms with E-state index in [1.807, 2.05) is 0 Å². The quantitative estimate of drug-likeness (QED) is 0.0495. The van der Waals surface area contributed by atoms with Crippen molar-refractivity contribution in [3.8, 4) is 0 Å². The van der Waals surface area contributed by atoms with Crippen LogP contribution < -0.4 is 32.7 Å². The Bertz CT molecular complexity index is 1280. The Balaban J connectivity index is 0.00000348. The first-order chi connectivity index (χ1) is 24.5. The van der Waals surface area contributed by atoms with Crippen molar-refractivity contribution < 1.29 is 61.4 Å². The lowest BCUT2D eigenvalue weighted by Gasteiger charge is -2.28. The van der Waals surface area contributed by atoms with Crippen LogP contribution in [-0.4, -0.2) is 107 Å². The molecule has 0 aromatic rings. The number of primary amides is 1. The van der Waals surface area contributed by atoms with E-state index >= 15 is 0 Å². The number of ether oxygens (including phenoxy) is 1. The number of carboxylic acid groups (broad SMARTS) is 1. The second kappa shape index (κ2) is 23.7. The van der Waals surface area contributed by atoms with E-state index in [2.05, 4.69) is 21.3 Å². The molecule has 0 saturated carbocycles. The number of imide groups is 1. The van der Waals surface area contributed by atoms with Crippen molar-refractivity contribution in [1.29, 1.82) is 0 Å². The summed E-state index contributed by atoms with van der Waals surface area (Å²) in [7, 11) is 0. The van der Waals surface area contributed by atoms with Gasteiger partial charge in [-0.05, 0) is 78.2 Å². The van der Waals surface area contributed by atoms with Crippen LogP contribution in [0.25, 0.3) is 0 Å². The van der Waals surface area contributed by atoms with Gasteiger partial charge in [0.15, 0.2) is 0 Å². The fourth-order valence-electron chi connectivity index (χ4n) is 4.60. The lowest BCUT2D eigenvalue weighted by Crippen LogP contribution is -2.57. The van der Waals surface area contributed by atoms with Crippen LogP contribution in [0.5, 0.6) is 0 Å². The van der Waals surface area contributed by atoms with Gasteiger partial charge in [-0.2, -0.15) is 13.2 Å². The highest BCUT2D eigenvalue weighted by Crippen LogP contribution is 2.14. The molecule has 1 aliphatic heterocycles. The zero-order valence-corrected chi connectivity index (χ0v) is 30.8. The number of halogens is 3. The van der Waals surface area contributed by atoms with E-state index in [-0.39, 0.29) is 62.4 Å². The zero-order chi connectivity index (χ0) is 40.9. The number of alkyl halides is 3. The molecule has 17 nitrogen and oxygen atoms in total. The Morgan fingerprint density at radius 3 is 1.87 bits per heavy atom. The van der Waals surface area contributed by atoms with Gasteiger partial charge in [-0.1, -0.05) is 20.3 Å². The average molecular weight is 766 g/mol. The number of hydrogen-bond donors (Lipinski definition) is 7. The number of carboxylic acids is 1. The fraction of sp³-hybridized carbons (Fsp3) is 0.697. The number of carbonyl (C=O) groups excluding carboxylic acids is 7. The zero-order valence-electron chi connectivity index (χ0n) is 30.8. The first-order valence-electron chi connectivity index (χ1n) is 17.2. The third-order valence-corrected chi connectivity index (χ3v) is 7.25. The first-order valence-corrected chi connectivity index (χ1v) is 17.2. The largest absolute Gasteiger partial charge is 0.490 e. The number of aliphatic carboxylic acids is 1. The highest BCUT2D eigenvalue weighted by atomic mass is 19.4. The standard InChI is InChI=1S/C31H53N7O8.C2HF3O2/c1-20(2)26(37-23(39)14-7-6-10-19-38-24(40)15-16-25(38)41)28(43)35-21(13-11-18-34-30(33)45)27(42)36-22(12-8-9-17-32)29(44)46-31(3,4)5;3-2(4,5)1(6)7/h15-16,20-22,26H,6-14,17-19,32H2,1-5H3,(H,35,43)(H,36,42)(H,37,39)(H3,33,34,45);(H,6,7). The van der Waals surface area contributed by atoms with Crippen LogP contribution in [0, 0.1) is 5.92 Å². The number of urea groups is 1. The number of amides is 7. The van der Waals surface area contributed by atoms with Crippen molar-refractivity contribution in [1.82, 2.24) is 26.2 Å². The summed E-state index contributed by atoms with van der Waals surface area (Å²) in [6.07, 6.45) is 0.986. The highest BCUT2D eigenvalue weighted by Gasteiger charge is 2.38. The molecule has 1 heterocycles. The summed E-state index contributed by atoms with van der Waals surface area (Å²) in [5.74, 6) is -5.95. The van der Waals surface area contributed by atoms with E-state index in [9.17, 15) is 46.7 Å². The van der Waals surface area contributed by atoms with Gasteiger partial charge in [-0.3, -0.25) is 28.9 Å². The van der Waals surface area contributed by atoms with Gasteiger partial charge < -0.3 is 42.6 Å². The van der Waals surface area contributed by atoms with Gasteiger partial charge in [0.2, 0.25) is 17.7 Å². The van der Waals surface area contributed by atoms with E-state index in [1.54, 1.807) is 34.6 Å². The Kier molecular flexibility index (Phi) is 21.6. The van der Waals surface area contributed by atoms with Crippen molar-refractivity contribution >= 4 is 47.5 Å². The minimum Gasteiger partial charge on any atom is -0.475 e. The molecule has 0 radical (unpaired) electrons. The van der Waals surface area contributed by atoms with Gasteiger partial charge in [-0.25, -0.2) is 14.4 Å². The third kappa shape index (κ3) is 21.4. The minimum absolute atomic E-state index is 0.109. The molecule has 0 aliphatic carbocycles. The Labute approximate surface area is 306 Å². The highest BCUT2D eigenvalue weighted by molar-refractivity contribution is 6.12. The molecule has 9 N–H and O–H groups in total. The number of carbonyl (C=O) groups is 8. The smallest absolute Gasteiger partial charge is 0.475 e. The van der Waals surface area contributed by atoms with Gasteiger partial charge in [0.05, 0.1) is 0 Å². The number of nitrogens with two attached hydrogens (primary N) is 2. The van der Waals surface area contributed by atoms with Crippen molar-refractivity contribution in [2.24, 2.45) is 17.4 Å². The monoisotopic (exact) mass is 765 g/mol. The summed E-state index contributed by atoms with van der Waals surface area (Å²) >= 11 is 0. The number of esters is 1. The Morgan fingerprint density at radius 2 is 1.38 bits per heavy atom. The number of unbranched alkanes of at least 4 members (excludes halogenated alkanes) is 3. The molecule has 3 atom stereocenters. The van der Waals surface area contributed by atoms with Gasteiger partial charge in [0.1, 0.15) is 23.7 Å². The molecule has 0 fully saturated rings. The van der Waals surface area contributed by atoms with Gasteiger partial charge >= 0.3 is 24.1 Å². The van der Waals surface area contributed by atoms with E-state index in [1.165, 1.54) is 12.2 Å². The van der Waals surface area contributed by atoms with Crippen molar-refractivity contribution in [3.63, 3.8) is 0 Å². The molecule has 0 aromatic carbocycles. The fourth-order valence-corrected chi connectivity index (χ4v) is 4.60. The average Bonchev–Trinajstić information content (AvgIpc) is 3.35. The van der Waals surface area contributed by atoms with Crippen LogP contribution in [0.2, 0.25) is 0 Å². The van der Waals surface area contributed by atoms with E-state index in [0.717, 1.165) is 4.90 Å². The Morgan fingerprint density at radius 1 is 0.830 bits per heavy atom. The van der Waals surface area contributed by atoms with Crippen LogP contribution >= 0.6 is 0 Å². The molecule has 1 rings (SSSR count). The second-order valence-electron chi connectivity index (χ2n) is 13.4. The maximum absolute atomic E-state index is 13.5. The predicted octanol–water partition coefficient (Wildman–Crippen LogP) is 1.13. The van der Waals surface area contributed by atoms with Crippen LogP contribution in [-0.2, 0) is 38.3 Å². The maximum Gasteiger partial charge on any atom is 0.490 e. The maximum atomic E-state index is 13.5. The molecular formula is C33H54F3N7O10.